The molecule has 1 aliphatic rings. The van der Waals surface area contributed by atoms with E-state index in [9.17, 15) is 8.78 Å². The quantitative estimate of drug-likeness (QED) is 0.313. The smallest absolute Gasteiger partial charge is 0.167 e. The van der Waals surface area contributed by atoms with Crippen LogP contribution in [0, 0.1) is 11.6 Å². The predicted molar refractivity (Wildman–Crippen MR) is 125 cm³/mol. The Balaban J connectivity index is 1.34. The molecule has 0 atom stereocenters. The van der Waals surface area contributed by atoms with E-state index in [0.29, 0.717) is 25.3 Å². The third kappa shape index (κ3) is 4.53. The van der Waals surface area contributed by atoms with Crippen molar-refractivity contribution in [1.29, 1.82) is 0 Å². The fraction of sp³-hybridized carbons (Fsp3) is 0.143. The van der Waals surface area contributed by atoms with Crippen LogP contribution in [0.2, 0.25) is 0 Å². The van der Waals surface area contributed by atoms with Gasteiger partial charge in [0.2, 0.25) is 0 Å². The summed E-state index contributed by atoms with van der Waals surface area (Å²) >= 11 is 0. The Morgan fingerprint density at radius 1 is 0.697 bits per heavy atom. The number of ether oxygens (including phenoxy) is 2. The van der Waals surface area contributed by atoms with Gasteiger partial charge in [-0.3, -0.25) is 0 Å². The first kappa shape index (κ1) is 21.0. The van der Waals surface area contributed by atoms with Gasteiger partial charge in [-0.2, -0.15) is 0 Å². The molecule has 1 aliphatic heterocycles. The van der Waals surface area contributed by atoms with E-state index < -0.39 is 5.82 Å². The fourth-order valence-electron chi connectivity index (χ4n) is 4.09. The highest BCUT2D eigenvalue weighted by Gasteiger charge is 2.26. The van der Waals surface area contributed by atoms with Gasteiger partial charge in [0.1, 0.15) is 13.2 Å². The van der Waals surface area contributed by atoms with Crippen LogP contribution in [0.3, 0.4) is 0 Å². The maximum atomic E-state index is 14.8. The highest BCUT2D eigenvalue weighted by atomic mass is 19.1. The summed E-state index contributed by atoms with van der Waals surface area (Å²) in [6, 6.07) is 27.4. The lowest BCUT2D eigenvalue weighted by Gasteiger charge is -2.21. The summed E-state index contributed by atoms with van der Waals surface area (Å²) in [5.41, 5.74) is 4.27. The van der Waals surface area contributed by atoms with Gasteiger partial charge in [0.05, 0.1) is 0 Å². The number of nitrogens with zero attached hydrogens (tertiary/aromatic N) is 1. The van der Waals surface area contributed by atoms with E-state index in [1.165, 1.54) is 12.1 Å². The maximum absolute atomic E-state index is 14.8. The van der Waals surface area contributed by atoms with Gasteiger partial charge in [-0.15, -0.1) is 0 Å². The van der Waals surface area contributed by atoms with Gasteiger partial charge in [0, 0.05) is 29.5 Å². The van der Waals surface area contributed by atoms with Crippen LogP contribution in [-0.4, -0.2) is 6.54 Å². The SMILES string of the molecule is Fc1cc(N2CCc3c2ccc(F)c3OCc2ccccc2)ccc1OCc1ccccc1. The first-order valence-electron chi connectivity index (χ1n) is 10.9. The third-order valence-corrected chi connectivity index (χ3v) is 5.75. The molecule has 0 aliphatic carbocycles. The van der Waals surface area contributed by atoms with Gasteiger partial charge in [-0.05, 0) is 41.8 Å². The molecule has 0 saturated carbocycles. The molecule has 5 heteroatoms. The van der Waals surface area contributed by atoms with Crippen molar-refractivity contribution in [3.05, 3.63) is 119 Å². The van der Waals surface area contributed by atoms with Crippen molar-refractivity contribution in [2.24, 2.45) is 0 Å². The second-order valence-electron chi connectivity index (χ2n) is 7.94. The van der Waals surface area contributed by atoms with Gasteiger partial charge in [0.25, 0.3) is 0 Å². The number of anilines is 2. The van der Waals surface area contributed by atoms with Gasteiger partial charge in [-0.1, -0.05) is 60.7 Å². The van der Waals surface area contributed by atoms with E-state index in [2.05, 4.69) is 0 Å². The first-order chi connectivity index (χ1) is 16.2. The highest BCUT2D eigenvalue weighted by molar-refractivity contribution is 5.73. The van der Waals surface area contributed by atoms with E-state index in [0.717, 1.165) is 22.4 Å². The van der Waals surface area contributed by atoms with Crippen LogP contribution in [-0.2, 0) is 19.6 Å². The molecule has 0 unspecified atom stereocenters. The van der Waals surface area contributed by atoms with E-state index >= 15 is 0 Å². The minimum Gasteiger partial charge on any atom is -0.486 e. The molecule has 0 aromatic heterocycles. The average molecular weight is 443 g/mol. The van der Waals surface area contributed by atoms with Gasteiger partial charge in [-0.25, -0.2) is 8.78 Å². The second kappa shape index (κ2) is 9.33. The summed E-state index contributed by atoms with van der Waals surface area (Å²) < 4.78 is 40.9. The third-order valence-electron chi connectivity index (χ3n) is 5.75. The molecule has 0 bridgehead atoms. The number of benzene rings is 4. The summed E-state index contributed by atoms with van der Waals surface area (Å²) in [5.74, 6) is -0.350. The summed E-state index contributed by atoms with van der Waals surface area (Å²) in [7, 11) is 0. The Morgan fingerprint density at radius 2 is 1.36 bits per heavy atom. The molecule has 4 aromatic carbocycles. The number of hydrogen-bond acceptors (Lipinski definition) is 3. The van der Waals surface area contributed by atoms with Crippen LogP contribution >= 0.6 is 0 Å². The summed E-state index contributed by atoms with van der Waals surface area (Å²) in [6.45, 7) is 1.20. The minimum absolute atomic E-state index is 0.202. The van der Waals surface area contributed by atoms with Gasteiger partial charge >= 0.3 is 0 Å². The van der Waals surface area contributed by atoms with Crippen molar-refractivity contribution >= 4 is 11.4 Å². The van der Waals surface area contributed by atoms with Crippen molar-refractivity contribution in [2.75, 3.05) is 11.4 Å². The van der Waals surface area contributed by atoms with E-state index in [4.69, 9.17) is 9.47 Å². The first-order valence-corrected chi connectivity index (χ1v) is 10.9. The number of fused-ring (bicyclic) bond motifs is 1. The Bertz CT molecular complexity index is 1250. The maximum Gasteiger partial charge on any atom is 0.167 e. The van der Waals surface area contributed by atoms with Crippen LogP contribution in [0.4, 0.5) is 20.2 Å². The molecule has 4 aromatic rings. The Kier molecular flexibility index (Phi) is 5.94. The molecule has 3 nitrogen and oxygen atoms in total. The Labute approximate surface area is 191 Å². The summed E-state index contributed by atoms with van der Waals surface area (Å²) in [4.78, 5) is 1.98. The molecule has 0 fully saturated rings. The fourth-order valence-corrected chi connectivity index (χ4v) is 4.09. The zero-order valence-electron chi connectivity index (χ0n) is 18.0. The molecular formula is C28H23F2NO2. The molecule has 0 radical (unpaired) electrons. The summed E-state index contributed by atoms with van der Waals surface area (Å²) in [5, 5.41) is 0. The van der Waals surface area contributed by atoms with Crippen LogP contribution in [0.5, 0.6) is 11.5 Å². The van der Waals surface area contributed by atoms with Crippen molar-refractivity contribution in [3.8, 4) is 11.5 Å². The van der Waals surface area contributed by atoms with Crippen molar-refractivity contribution < 1.29 is 18.3 Å². The lowest BCUT2D eigenvalue weighted by molar-refractivity contribution is 0.288. The monoisotopic (exact) mass is 443 g/mol. The predicted octanol–water partition coefficient (Wildman–Crippen LogP) is 6.82. The lowest BCUT2D eigenvalue weighted by atomic mass is 10.1. The molecule has 33 heavy (non-hydrogen) atoms. The van der Waals surface area contributed by atoms with Gasteiger partial charge in [0.15, 0.2) is 23.1 Å². The number of rotatable bonds is 7. The topological polar surface area (TPSA) is 21.7 Å². The highest BCUT2D eigenvalue weighted by Crippen LogP contribution is 2.41. The van der Waals surface area contributed by atoms with Crippen LogP contribution in [0.1, 0.15) is 16.7 Å². The van der Waals surface area contributed by atoms with E-state index in [1.807, 2.05) is 71.6 Å². The van der Waals surface area contributed by atoms with E-state index in [1.54, 1.807) is 12.1 Å². The number of halogens is 2. The Morgan fingerprint density at radius 3 is 2.03 bits per heavy atom. The number of hydrogen-bond donors (Lipinski definition) is 0. The van der Waals surface area contributed by atoms with Crippen LogP contribution in [0.25, 0.3) is 0 Å². The molecule has 0 amide bonds. The molecule has 0 spiro atoms. The second-order valence-corrected chi connectivity index (χ2v) is 7.94. The van der Waals surface area contributed by atoms with Crippen molar-refractivity contribution in [1.82, 2.24) is 0 Å². The molecule has 166 valence electrons. The standard InChI is InChI=1S/C28H23F2NO2/c29-24-12-13-26-23(28(24)33-19-21-9-5-2-6-10-21)15-16-31(26)22-11-14-27(25(30)17-22)32-18-20-7-3-1-4-8-20/h1-14,17H,15-16,18-19H2. The lowest BCUT2D eigenvalue weighted by Crippen LogP contribution is -2.13. The van der Waals surface area contributed by atoms with Crippen LogP contribution in [0.15, 0.2) is 91.0 Å². The van der Waals surface area contributed by atoms with Gasteiger partial charge < -0.3 is 14.4 Å². The molecular weight excluding hydrogens is 420 g/mol. The molecule has 1 heterocycles. The molecule has 0 saturated heterocycles. The van der Waals surface area contributed by atoms with Crippen molar-refractivity contribution in [3.63, 3.8) is 0 Å². The summed E-state index contributed by atoms with van der Waals surface area (Å²) in [6.07, 6.45) is 0.616. The molecule has 5 rings (SSSR count). The van der Waals surface area contributed by atoms with Crippen molar-refractivity contribution in [2.45, 2.75) is 19.6 Å². The zero-order valence-corrected chi connectivity index (χ0v) is 18.0. The van der Waals surface area contributed by atoms with E-state index in [-0.39, 0.29) is 23.9 Å². The average Bonchev–Trinajstić information content (AvgIpc) is 3.28. The van der Waals surface area contributed by atoms with Crippen LogP contribution < -0.4 is 14.4 Å². The molecule has 0 N–H and O–H groups in total. The minimum atomic E-state index is -0.431. The normalized spacial score (nSPS) is 12.5. The largest absolute Gasteiger partial charge is 0.486 e. The zero-order chi connectivity index (χ0) is 22.6. The Hall–Kier alpha value is -3.86.